The number of hydrogen-bond donors (Lipinski definition) is 18. The van der Waals surface area contributed by atoms with Crippen molar-refractivity contribution in [2.45, 2.75) is 171 Å². The van der Waals surface area contributed by atoms with E-state index in [1.165, 1.54) is 47.9 Å². The van der Waals surface area contributed by atoms with Gasteiger partial charge in [-0.2, -0.15) is 0 Å². The number of primary amides is 1. The summed E-state index contributed by atoms with van der Waals surface area (Å²) in [4.78, 5) is 196. The first-order valence-corrected chi connectivity index (χ1v) is 37.9. The quantitative estimate of drug-likeness (QED) is 0.0126. The Bertz CT molecular complexity index is 4400. The van der Waals surface area contributed by atoms with Gasteiger partial charge in [-0.1, -0.05) is 56.3 Å². The van der Waals surface area contributed by atoms with Crippen LogP contribution in [-0.4, -0.2) is 214 Å². The number of aromatic nitrogens is 6. The minimum Gasteiger partial charge on any atom is -0.508 e. The third kappa shape index (κ3) is 26.2. The zero-order valence-corrected chi connectivity index (χ0v) is 63.5. The molecule has 0 spiro atoms. The van der Waals surface area contributed by atoms with Crippen LogP contribution >= 0.6 is 0 Å². The maximum Gasteiger partial charge on any atom is 0.252 e. The van der Waals surface area contributed by atoms with Gasteiger partial charge in [0.2, 0.25) is 65.0 Å². The van der Waals surface area contributed by atoms with Gasteiger partial charge < -0.3 is 95.0 Å². The number of fused-ring (bicyclic) bond motifs is 1. The molecule has 2 fully saturated rings. The number of benzene rings is 2. The third-order valence-electron chi connectivity index (χ3n) is 19.2. The number of nitrogens with zero attached hydrogens (tertiary/aromatic N) is 6. The first-order valence-electron chi connectivity index (χ1n) is 37.9. The minimum atomic E-state index is -1.84. The van der Waals surface area contributed by atoms with Gasteiger partial charge in [0.1, 0.15) is 60.1 Å². The summed E-state index contributed by atoms with van der Waals surface area (Å²) in [6.07, 6.45) is 9.91. The van der Waals surface area contributed by atoms with E-state index in [2.05, 4.69) is 93.3 Å². The standard InChI is InChI=1S/C78H100N22O14/c1-46(2)33-60(71(108)93-59(18-11-31-86-78(80)81)77(114)100-32-12-19-65(100)76(113)89-40-66(79)103)94-69(106)57(17-7-10-30-85-68(105)48-22-23-52(87-37-48)43-99(41-50-13-5-8-28-83-50)42-51-14-6-9-29-84-51)92-72(109)61(34-47-20-24-54(102)25-21-47)95-75(112)64(44-101)98-73(110)62(35-49-38-88-56-16-4-3-15-55(49)56)96-74(111)63(36-53-39-82-45-90-53)97-70(107)58-26-27-67(104)91-58/h3-6,8-9,13-16,20-25,28-29,37-39,45-46,57-65,88,101-102H,7,10-12,17-19,26-27,30-36,40-44H2,1-2H3,(H2,79,103)(H,82,90)(H,85,105)(H,89,113)(H,91,104)(H,92,109)(H,93,108)(H,94,106)(H,95,112)(H,96,111)(H,97,107)(H,98,110)(H4,80,81,86)/t57-,58+,59+,60+,61+,62+,63+,64+,65+/m1/s1. The predicted octanol–water partition coefficient (Wildman–Crippen LogP) is -0.821. The van der Waals surface area contributed by atoms with Gasteiger partial charge in [-0.05, 0) is 129 Å². The number of likely N-dealkylation sites (tertiary alicyclic amines) is 1. The molecule has 2 aliphatic rings. The summed E-state index contributed by atoms with van der Waals surface area (Å²) in [6.45, 7) is 3.70. The number of guanidine groups is 1. The maximum absolute atomic E-state index is 15.2. The van der Waals surface area contributed by atoms with Gasteiger partial charge >= 0.3 is 0 Å². The van der Waals surface area contributed by atoms with Gasteiger partial charge in [-0.15, -0.1) is 0 Å². The molecule has 20 N–H and O–H groups in total. The molecule has 36 heteroatoms. The highest BCUT2D eigenvalue weighted by atomic mass is 16.3. The van der Waals surface area contributed by atoms with Crippen molar-refractivity contribution in [3.63, 3.8) is 0 Å². The summed E-state index contributed by atoms with van der Waals surface area (Å²) >= 11 is 0. The van der Waals surface area contributed by atoms with Crippen LogP contribution in [0.15, 0.2) is 134 Å². The van der Waals surface area contributed by atoms with E-state index >= 15 is 9.59 Å². The van der Waals surface area contributed by atoms with Crippen LogP contribution < -0.4 is 70.0 Å². The van der Waals surface area contributed by atoms with E-state index in [0.29, 0.717) is 59.5 Å². The van der Waals surface area contributed by atoms with E-state index in [1.54, 1.807) is 68.8 Å². The topological polar surface area (TPSA) is 543 Å². The molecule has 0 radical (unpaired) electrons. The molecule has 2 saturated heterocycles. The summed E-state index contributed by atoms with van der Waals surface area (Å²) < 4.78 is 0. The lowest BCUT2D eigenvalue weighted by Crippen LogP contribution is -2.61. The van der Waals surface area contributed by atoms with Crippen molar-refractivity contribution in [3.05, 3.63) is 174 Å². The number of phenolic OH excluding ortho intramolecular Hbond substituents is 1. The highest BCUT2D eigenvalue weighted by Gasteiger charge is 2.40. The number of hydrogen-bond acceptors (Lipinski definition) is 20. The average Bonchev–Trinajstić information content (AvgIpc) is 1.61. The number of aliphatic hydroxyl groups is 1. The zero-order chi connectivity index (χ0) is 81.6. The predicted molar refractivity (Wildman–Crippen MR) is 415 cm³/mol. The van der Waals surface area contributed by atoms with Crippen molar-refractivity contribution in [2.75, 3.05) is 32.8 Å². The average molecular weight is 1570 g/mol. The Labute approximate surface area is 657 Å². The smallest absolute Gasteiger partial charge is 0.252 e. The molecule has 12 amide bonds. The van der Waals surface area contributed by atoms with Crippen LogP contribution in [0.3, 0.4) is 0 Å². The summed E-state index contributed by atoms with van der Waals surface area (Å²) in [6, 6.07) is 14.9. The third-order valence-corrected chi connectivity index (χ3v) is 19.2. The highest BCUT2D eigenvalue weighted by molar-refractivity contribution is 6.00. The second-order valence-corrected chi connectivity index (χ2v) is 28.5. The Kier molecular flexibility index (Phi) is 31.9. The van der Waals surface area contributed by atoms with Crippen LogP contribution in [0, 0.1) is 11.3 Å². The van der Waals surface area contributed by atoms with Crippen LogP contribution in [0.5, 0.6) is 5.75 Å². The fourth-order valence-electron chi connectivity index (χ4n) is 13.4. The van der Waals surface area contributed by atoms with Crippen LogP contribution in [0.4, 0.5) is 0 Å². The number of unbranched alkanes of at least 4 members (excludes halogenated alkanes) is 1. The maximum atomic E-state index is 15.2. The molecule has 2 aromatic carbocycles. The van der Waals surface area contributed by atoms with Gasteiger partial charge in [0, 0.05) is 107 Å². The van der Waals surface area contributed by atoms with Gasteiger partial charge in [0.25, 0.3) is 5.91 Å². The molecule has 9 rings (SSSR count). The van der Waals surface area contributed by atoms with Crippen molar-refractivity contribution in [1.82, 2.24) is 98.2 Å². The van der Waals surface area contributed by atoms with Crippen molar-refractivity contribution in [1.29, 1.82) is 5.41 Å². The van der Waals surface area contributed by atoms with E-state index in [0.717, 1.165) is 11.4 Å². The molecule has 5 aromatic heterocycles. The lowest BCUT2D eigenvalue weighted by Gasteiger charge is -2.31. The fourth-order valence-corrected chi connectivity index (χ4v) is 13.4. The lowest BCUT2D eigenvalue weighted by atomic mass is 10.00. The Hall–Kier alpha value is -12.7. The number of rotatable bonds is 43. The van der Waals surface area contributed by atoms with Crippen LogP contribution in [0.2, 0.25) is 0 Å². The fraction of sp³-hybridized carbons (Fsp3) is 0.423. The number of aromatic hydroxyl groups is 1. The van der Waals surface area contributed by atoms with Gasteiger partial charge in [0.15, 0.2) is 5.96 Å². The number of aromatic amines is 2. The molecule has 36 nitrogen and oxygen atoms in total. The van der Waals surface area contributed by atoms with Crippen LogP contribution in [0.1, 0.15) is 122 Å². The Balaban J connectivity index is 0.949. The number of carbonyl (C=O) groups excluding carboxylic acids is 12. The number of carbonyl (C=O) groups is 12. The SMILES string of the molecule is CC(C)C[C@H](NC(=O)[C@@H](CCCCNC(=O)c1ccc(CN(Cc2ccccn2)Cc2ccccn2)nc1)NC(=O)[C@H](Cc1ccc(O)cc1)NC(=O)[C@H](CO)NC(=O)[C@H](Cc1c[nH]c2ccccc12)NC(=O)[C@H](Cc1c[nH]cn1)NC(=O)[C@@H]1CCC(=O)N1)C(=O)N[C@@H](CCCNC(=N)N)C(=O)N1CCC[C@H]1C(=O)NCC(N)=O. The molecular formula is C78H100N22O14. The van der Waals surface area contributed by atoms with E-state index in [1.807, 2.05) is 36.4 Å². The van der Waals surface area contributed by atoms with Crippen molar-refractivity contribution >= 4 is 87.7 Å². The molecule has 0 unspecified atom stereocenters. The molecule has 0 saturated carbocycles. The first-order chi connectivity index (χ1) is 54.9. The second-order valence-electron chi connectivity index (χ2n) is 28.5. The summed E-state index contributed by atoms with van der Waals surface area (Å²) in [5, 5.41) is 59.2. The number of para-hydroxylation sites is 1. The molecule has 0 bridgehead atoms. The summed E-state index contributed by atoms with van der Waals surface area (Å²) in [5.74, 6) is -10.0. The van der Waals surface area contributed by atoms with Gasteiger partial charge in [-0.25, -0.2) is 4.98 Å². The van der Waals surface area contributed by atoms with Crippen molar-refractivity contribution in [2.24, 2.45) is 17.4 Å². The van der Waals surface area contributed by atoms with E-state index in [-0.39, 0.29) is 126 Å². The van der Waals surface area contributed by atoms with E-state index in [4.69, 9.17) is 16.9 Å². The normalized spacial score (nSPS) is 15.7. The molecular weight excluding hydrogens is 1470 g/mol. The van der Waals surface area contributed by atoms with Crippen molar-refractivity contribution < 1.29 is 67.7 Å². The Morgan fingerprint density at radius 3 is 1.81 bits per heavy atom. The number of nitrogens with two attached hydrogens (primary N) is 2. The first kappa shape index (κ1) is 85.3. The summed E-state index contributed by atoms with van der Waals surface area (Å²) in [5.41, 5.74) is 15.4. The number of amides is 12. The summed E-state index contributed by atoms with van der Waals surface area (Å²) in [7, 11) is 0. The largest absolute Gasteiger partial charge is 0.508 e. The number of phenols is 1. The number of aliphatic hydroxyl groups excluding tert-OH is 1. The molecule has 7 aromatic rings. The zero-order valence-electron chi connectivity index (χ0n) is 63.5. The molecule has 606 valence electrons. The van der Waals surface area contributed by atoms with Crippen molar-refractivity contribution in [3.8, 4) is 5.75 Å². The molecule has 0 aliphatic carbocycles. The molecule has 114 heavy (non-hydrogen) atoms. The molecule has 7 heterocycles. The Morgan fingerprint density at radius 2 is 1.19 bits per heavy atom. The second kappa shape index (κ2) is 42.6. The number of nitrogens with one attached hydrogen (secondary N) is 14. The highest BCUT2D eigenvalue weighted by Crippen LogP contribution is 2.23. The number of pyridine rings is 3. The van der Waals surface area contributed by atoms with Gasteiger partial charge in [-0.3, -0.25) is 82.8 Å². The van der Waals surface area contributed by atoms with Crippen LogP contribution in [-0.2, 0) is 91.6 Å². The molecule has 9 atom stereocenters. The number of imidazole rings is 1. The molecule has 2 aliphatic heterocycles. The van der Waals surface area contributed by atoms with Crippen LogP contribution in [0.25, 0.3) is 10.9 Å². The minimum absolute atomic E-state index is 0.0208. The van der Waals surface area contributed by atoms with E-state index in [9.17, 15) is 58.2 Å². The number of H-pyrrole nitrogens is 2. The van der Waals surface area contributed by atoms with E-state index < -0.39 is 133 Å². The lowest BCUT2D eigenvalue weighted by molar-refractivity contribution is -0.142. The van der Waals surface area contributed by atoms with Gasteiger partial charge in [0.05, 0.1) is 47.8 Å². The Morgan fingerprint density at radius 1 is 0.596 bits per heavy atom. The monoisotopic (exact) mass is 1570 g/mol.